The van der Waals surface area contributed by atoms with Crippen molar-refractivity contribution in [1.82, 2.24) is 5.32 Å². The molecule has 0 aromatic carbocycles. The van der Waals surface area contributed by atoms with E-state index in [1.54, 1.807) is 22.7 Å². The van der Waals surface area contributed by atoms with Gasteiger partial charge in [0.05, 0.1) is 6.04 Å². The molecule has 2 atom stereocenters. The Hall–Kier alpha value is -0.680. The summed E-state index contributed by atoms with van der Waals surface area (Å²) >= 11 is 3.61. The second-order valence-corrected chi connectivity index (χ2v) is 7.07. The van der Waals surface area contributed by atoms with E-state index in [2.05, 4.69) is 40.3 Å². The van der Waals surface area contributed by atoms with Gasteiger partial charge < -0.3 is 10.4 Å². The molecule has 2 N–H and O–H groups in total. The molecule has 2 nitrogen and oxygen atoms in total. The predicted octanol–water partition coefficient (Wildman–Crippen LogP) is 3.65. The minimum Gasteiger partial charge on any atom is -0.396 e. The number of rotatable bonds is 5. The molecule has 1 saturated carbocycles. The zero-order valence-corrected chi connectivity index (χ0v) is 12.4. The molecule has 102 valence electrons. The van der Waals surface area contributed by atoms with Crippen molar-refractivity contribution in [2.24, 2.45) is 5.92 Å². The van der Waals surface area contributed by atoms with Gasteiger partial charge in [0.1, 0.15) is 0 Å². The van der Waals surface area contributed by atoms with Gasteiger partial charge in [-0.3, -0.25) is 0 Å². The maximum absolute atomic E-state index is 9.48. The fraction of sp³-hybridized carbons (Fsp3) is 0.467. The van der Waals surface area contributed by atoms with Crippen molar-refractivity contribution >= 4 is 22.7 Å². The topological polar surface area (TPSA) is 32.3 Å². The summed E-state index contributed by atoms with van der Waals surface area (Å²) in [5.41, 5.74) is 0. The van der Waals surface area contributed by atoms with E-state index in [0.29, 0.717) is 18.6 Å². The fourth-order valence-electron chi connectivity index (χ4n) is 2.90. The molecule has 0 amide bonds. The van der Waals surface area contributed by atoms with Gasteiger partial charge in [0.15, 0.2) is 0 Å². The van der Waals surface area contributed by atoms with E-state index in [-0.39, 0.29) is 6.04 Å². The molecule has 1 aliphatic carbocycles. The maximum Gasteiger partial charge on any atom is 0.0767 e. The highest BCUT2D eigenvalue weighted by atomic mass is 32.1. The smallest absolute Gasteiger partial charge is 0.0767 e. The number of hydrogen-bond donors (Lipinski definition) is 2. The van der Waals surface area contributed by atoms with Crippen LogP contribution in [0, 0.1) is 5.92 Å². The van der Waals surface area contributed by atoms with Crippen LogP contribution in [0.1, 0.15) is 35.1 Å². The molecular formula is C15H19NOS2. The summed E-state index contributed by atoms with van der Waals surface area (Å²) < 4.78 is 0. The second-order valence-electron chi connectivity index (χ2n) is 5.11. The van der Waals surface area contributed by atoms with Crippen LogP contribution in [-0.2, 0) is 0 Å². The Morgan fingerprint density at radius 3 is 2.37 bits per heavy atom. The first-order valence-corrected chi connectivity index (χ1v) is 8.58. The minimum absolute atomic E-state index is 0.289. The fourth-order valence-corrected chi connectivity index (χ4v) is 4.58. The summed E-state index contributed by atoms with van der Waals surface area (Å²) in [5.74, 6) is 0.419. The van der Waals surface area contributed by atoms with Crippen molar-refractivity contribution in [3.63, 3.8) is 0 Å². The monoisotopic (exact) mass is 293 g/mol. The molecule has 1 aliphatic rings. The molecule has 0 radical (unpaired) electrons. The highest BCUT2D eigenvalue weighted by molar-refractivity contribution is 7.11. The predicted molar refractivity (Wildman–Crippen MR) is 81.8 cm³/mol. The first-order valence-electron chi connectivity index (χ1n) is 6.82. The molecule has 2 aromatic rings. The maximum atomic E-state index is 9.48. The summed E-state index contributed by atoms with van der Waals surface area (Å²) in [6, 6.07) is 9.35. The van der Waals surface area contributed by atoms with Gasteiger partial charge in [0.2, 0.25) is 0 Å². The van der Waals surface area contributed by atoms with Gasteiger partial charge in [0, 0.05) is 22.4 Å². The summed E-state index contributed by atoms with van der Waals surface area (Å²) in [4.78, 5) is 2.73. The van der Waals surface area contributed by atoms with Crippen LogP contribution in [0.5, 0.6) is 0 Å². The Balaban J connectivity index is 1.80. The van der Waals surface area contributed by atoms with Crippen LogP contribution in [0.3, 0.4) is 0 Å². The third-order valence-corrected chi connectivity index (χ3v) is 5.80. The van der Waals surface area contributed by atoms with E-state index in [0.717, 1.165) is 6.42 Å². The van der Waals surface area contributed by atoms with E-state index in [1.807, 2.05) is 0 Å². The average molecular weight is 293 g/mol. The lowest BCUT2D eigenvalue weighted by atomic mass is 10.0. The van der Waals surface area contributed by atoms with Crippen molar-refractivity contribution in [3.05, 3.63) is 44.8 Å². The first-order chi connectivity index (χ1) is 9.38. The number of aliphatic hydroxyl groups excluding tert-OH is 1. The number of nitrogens with one attached hydrogen (secondary N) is 1. The minimum atomic E-state index is 0.289. The Bertz CT molecular complexity index is 446. The summed E-state index contributed by atoms with van der Waals surface area (Å²) in [5, 5.41) is 17.5. The van der Waals surface area contributed by atoms with Crippen molar-refractivity contribution in [2.75, 3.05) is 6.61 Å². The van der Waals surface area contributed by atoms with Gasteiger partial charge >= 0.3 is 0 Å². The zero-order valence-electron chi connectivity index (χ0n) is 10.8. The normalized spacial score (nSPS) is 23.3. The molecular weight excluding hydrogens is 274 g/mol. The lowest BCUT2D eigenvalue weighted by Crippen LogP contribution is -2.36. The Kier molecular flexibility index (Phi) is 4.33. The van der Waals surface area contributed by atoms with Crippen molar-refractivity contribution in [2.45, 2.75) is 31.3 Å². The molecule has 2 unspecified atom stereocenters. The standard InChI is InChI=1S/C15H19NOS2/c17-10-11-4-1-5-12(11)16-15(13-6-2-8-18-13)14-7-3-9-19-14/h2-3,6-9,11-12,15-17H,1,4-5,10H2. The largest absolute Gasteiger partial charge is 0.396 e. The van der Waals surface area contributed by atoms with Gasteiger partial charge in [-0.2, -0.15) is 0 Å². The van der Waals surface area contributed by atoms with Crippen LogP contribution in [0.25, 0.3) is 0 Å². The lowest BCUT2D eigenvalue weighted by Gasteiger charge is -2.25. The molecule has 19 heavy (non-hydrogen) atoms. The van der Waals surface area contributed by atoms with Gasteiger partial charge in [-0.15, -0.1) is 22.7 Å². The van der Waals surface area contributed by atoms with E-state index < -0.39 is 0 Å². The number of thiophene rings is 2. The zero-order chi connectivity index (χ0) is 13.1. The van der Waals surface area contributed by atoms with Crippen LogP contribution < -0.4 is 5.32 Å². The highest BCUT2D eigenvalue weighted by Crippen LogP contribution is 2.33. The third-order valence-electron chi connectivity index (χ3n) is 3.93. The Morgan fingerprint density at radius 2 is 1.84 bits per heavy atom. The van der Waals surface area contributed by atoms with Crippen LogP contribution in [0.15, 0.2) is 35.0 Å². The molecule has 4 heteroatoms. The molecule has 2 heterocycles. The van der Waals surface area contributed by atoms with Crippen LogP contribution in [0.2, 0.25) is 0 Å². The molecule has 3 rings (SSSR count). The van der Waals surface area contributed by atoms with Crippen LogP contribution >= 0.6 is 22.7 Å². The third kappa shape index (κ3) is 2.92. The number of aliphatic hydroxyl groups is 1. The summed E-state index contributed by atoms with van der Waals surface area (Å²) in [7, 11) is 0. The van der Waals surface area contributed by atoms with Crippen LogP contribution in [-0.4, -0.2) is 17.8 Å². The number of hydrogen-bond acceptors (Lipinski definition) is 4. The van der Waals surface area contributed by atoms with Crippen LogP contribution in [0.4, 0.5) is 0 Å². The molecule has 0 spiro atoms. The molecule has 0 saturated heterocycles. The second kappa shape index (κ2) is 6.18. The average Bonchev–Trinajstić information content (AvgIpc) is 3.17. The van der Waals surface area contributed by atoms with E-state index in [1.165, 1.54) is 22.6 Å². The molecule has 2 aromatic heterocycles. The summed E-state index contributed by atoms with van der Waals surface area (Å²) in [6.45, 7) is 0.305. The van der Waals surface area contributed by atoms with E-state index in [9.17, 15) is 5.11 Å². The van der Waals surface area contributed by atoms with E-state index >= 15 is 0 Å². The Labute approximate surface area is 122 Å². The van der Waals surface area contributed by atoms with Crippen molar-refractivity contribution in [3.8, 4) is 0 Å². The van der Waals surface area contributed by atoms with Gasteiger partial charge in [-0.1, -0.05) is 18.6 Å². The lowest BCUT2D eigenvalue weighted by molar-refractivity contribution is 0.202. The Morgan fingerprint density at radius 1 is 1.16 bits per heavy atom. The molecule has 1 fully saturated rings. The highest BCUT2D eigenvalue weighted by Gasteiger charge is 2.29. The summed E-state index contributed by atoms with van der Waals surface area (Å²) in [6.07, 6.45) is 3.55. The van der Waals surface area contributed by atoms with Gasteiger partial charge in [-0.25, -0.2) is 0 Å². The molecule has 0 aliphatic heterocycles. The van der Waals surface area contributed by atoms with Crippen molar-refractivity contribution in [1.29, 1.82) is 0 Å². The SMILES string of the molecule is OCC1CCCC1NC(c1cccs1)c1cccs1. The van der Waals surface area contributed by atoms with E-state index in [4.69, 9.17) is 0 Å². The first kappa shape index (κ1) is 13.3. The van der Waals surface area contributed by atoms with Crippen molar-refractivity contribution < 1.29 is 5.11 Å². The molecule has 0 bridgehead atoms. The van der Waals surface area contributed by atoms with Gasteiger partial charge in [-0.05, 0) is 41.7 Å². The van der Waals surface area contributed by atoms with Gasteiger partial charge in [0.25, 0.3) is 0 Å². The quantitative estimate of drug-likeness (QED) is 0.882.